The molecule has 1 fully saturated rings. The molecule has 1 saturated carbocycles. The molecule has 2 aromatic carbocycles. The number of nitrogens with zero attached hydrogens (tertiary/aromatic N) is 1. The number of hydrogen-bond donors (Lipinski definition) is 6. The lowest BCUT2D eigenvalue weighted by Crippen LogP contribution is -2.53. The van der Waals surface area contributed by atoms with E-state index in [1.54, 1.807) is 20.4 Å². The molecule has 1 heterocycles. The Hall–Kier alpha value is -5.80. The van der Waals surface area contributed by atoms with Crippen LogP contribution in [0.25, 0.3) is 29.5 Å². The number of benzene rings is 2. The van der Waals surface area contributed by atoms with E-state index >= 15 is 0 Å². The standard InChI is InChI=1S/C23H30N4.C21H31N3O2.C4H10.C2H4/c1-8-23(12-19(13-23)16(3)25-7)27-17(4)20-10-9-11-21(22(20)18(27)5)26-14-15(2)24-6;1-7-16(10-11-22-4)18(14-23-8-2)17-12-20(25-5)19(15-24-9-3)21(13-17)26-6;1-3-4-2;1-2/h8-11,19,24-26H,1-5,12-14H2,6-7H3;7-8,10-14,22-24H,2,9,15H2,1,3-6H3;3-4H2,1-2H3;1-2H2/b;11-10-,16-7-,18-14+;;. The van der Waals surface area contributed by atoms with Gasteiger partial charge in [-0.25, -0.2) is 0 Å². The van der Waals surface area contributed by atoms with Gasteiger partial charge in [-0.15, -0.1) is 19.7 Å². The molecule has 4 rings (SSSR count). The Kier molecular flexibility index (Phi) is 23.4. The summed E-state index contributed by atoms with van der Waals surface area (Å²) in [7, 11) is 9.03. The second-order valence-corrected chi connectivity index (χ2v) is 13.8. The van der Waals surface area contributed by atoms with E-state index in [4.69, 9.17) is 9.47 Å². The predicted molar refractivity (Wildman–Crippen MR) is 260 cm³/mol. The summed E-state index contributed by atoms with van der Waals surface area (Å²) in [6.45, 7) is 41.4. The van der Waals surface area contributed by atoms with Gasteiger partial charge in [0, 0.05) is 89.5 Å². The summed E-state index contributed by atoms with van der Waals surface area (Å²) < 4.78 is 13.5. The minimum atomic E-state index is -0.163. The fourth-order valence-corrected chi connectivity index (χ4v) is 6.71. The van der Waals surface area contributed by atoms with Crippen molar-refractivity contribution in [2.75, 3.05) is 53.8 Å². The SMILES string of the molecule is C=C.C=CC1(n2c(=C)c3cccc(NCC(=C)NC)c3c2=C)CC(C(=C)NC)C1.C=CN\C=C(C(/C=C\NC)=C\C)\c1cc(OC)c(CNCC)c(OC)c1.CCCC. The van der Waals surface area contributed by atoms with Crippen molar-refractivity contribution >= 4 is 35.2 Å². The summed E-state index contributed by atoms with van der Waals surface area (Å²) in [6, 6.07) is 10.3. The Morgan fingerprint density at radius 2 is 1.56 bits per heavy atom. The highest BCUT2D eigenvalue weighted by molar-refractivity contribution is 5.95. The van der Waals surface area contributed by atoms with Crippen LogP contribution in [0.2, 0.25) is 0 Å². The lowest BCUT2D eigenvalue weighted by Gasteiger charge is -2.48. The first-order chi connectivity index (χ1) is 28.5. The van der Waals surface area contributed by atoms with Crippen LogP contribution in [0.5, 0.6) is 11.5 Å². The molecule has 0 saturated heterocycles. The first-order valence-corrected chi connectivity index (χ1v) is 20.4. The molecule has 1 aliphatic carbocycles. The molecule has 322 valence electrons. The van der Waals surface area contributed by atoms with Gasteiger partial charge >= 0.3 is 0 Å². The first-order valence-electron chi connectivity index (χ1n) is 20.4. The van der Waals surface area contributed by atoms with Gasteiger partial charge in [0.2, 0.25) is 0 Å². The van der Waals surface area contributed by atoms with E-state index in [0.29, 0.717) is 19.0 Å². The number of ether oxygens (including phenoxy) is 2. The molecule has 3 aromatic rings. The quantitative estimate of drug-likeness (QED) is 0.0499. The van der Waals surface area contributed by atoms with Gasteiger partial charge in [-0.2, -0.15) is 0 Å². The van der Waals surface area contributed by atoms with E-state index in [1.807, 2.05) is 64.8 Å². The molecule has 9 nitrogen and oxygen atoms in total. The zero-order chi connectivity index (χ0) is 44.5. The number of nitrogens with one attached hydrogen (secondary N) is 6. The molecule has 9 heteroatoms. The summed E-state index contributed by atoms with van der Waals surface area (Å²) in [5, 5.41) is 23.3. The first kappa shape index (κ1) is 51.2. The Balaban J connectivity index is 0.000000521. The van der Waals surface area contributed by atoms with Crippen molar-refractivity contribution in [3.63, 3.8) is 0 Å². The average Bonchev–Trinajstić information content (AvgIpc) is 3.52. The van der Waals surface area contributed by atoms with Gasteiger partial charge in [0.15, 0.2) is 0 Å². The lowest BCUT2D eigenvalue weighted by molar-refractivity contribution is 0.133. The van der Waals surface area contributed by atoms with E-state index in [9.17, 15) is 0 Å². The smallest absolute Gasteiger partial charge is 0.127 e. The summed E-state index contributed by atoms with van der Waals surface area (Å²) in [5.41, 5.74) is 6.94. The van der Waals surface area contributed by atoms with E-state index in [1.165, 1.54) is 12.8 Å². The van der Waals surface area contributed by atoms with E-state index in [-0.39, 0.29) is 5.54 Å². The molecular weight excluding hydrogens is 731 g/mol. The van der Waals surface area contributed by atoms with Crippen LogP contribution in [0.1, 0.15) is 64.5 Å². The molecule has 1 aliphatic rings. The summed E-state index contributed by atoms with van der Waals surface area (Å²) >= 11 is 0. The molecule has 0 radical (unpaired) electrons. The van der Waals surface area contributed by atoms with Gasteiger partial charge in [0.25, 0.3) is 0 Å². The topological polar surface area (TPSA) is 95.6 Å². The third-order valence-electron chi connectivity index (χ3n) is 10.3. The summed E-state index contributed by atoms with van der Waals surface area (Å²) in [5.74, 6) is 2.02. The van der Waals surface area contributed by atoms with E-state index in [0.717, 1.165) is 91.7 Å². The molecule has 0 aliphatic heterocycles. The maximum atomic E-state index is 5.64. The van der Waals surface area contributed by atoms with Crippen molar-refractivity contribution in [3.05, 3.63) is 145 Å². The number of methoxy groups -OCH3 is 2. The third-order valence-corrected chi connectivity index (χ3v) is 10.3. The molecule has 0 unspecified atom stereocenters. The van der Waals surface area contributed by atoms with Gasteiger partial charge in [0.05, 0.1) is 26.3 Å². The third kappa shape index (κ3) is 13.4. The summed E-state index contributed by atoms with van der Waals surface area (Å²) in [4.78, 5) is 0. The van der Waals surface area contributed by atoms with Gasteiger partial charge in [0.1, 0.15) is 11.5 Å². The number of hydrogen-bond acceptors (Lipinski definition) is 8. The largest absolute Gasteiger partial charge is 0.496 e. The number of aromatic nitrogens is 1. The van der Waals surface area contributed by atoms with Gasteiger partial charge in [-0.05, 0) is 74.1 Å². The second-order valence-electron chi connectivity index (χ2n) is 13.8. The predicted octanol–water partition coefficient (Wildman–Crippen LogP) is 8.81. The minimum Gasteiger partial charge on any atom is -0.496 e. The highest BCUT2D eigenvalue weighted by Crippen LogP contribution is 2.46. The molecule has 0 bridgehead atoms. The van der Waals surface area contributed by atoms with Crippen LogP contribution in [0, 0.1) is 5.92 Å². The van der Waals surface area contributed by atoms with Crippen molar-refractivity contribution in [3.8, 4) is 11.5 Å². The zero-order valence-corrected chi connectivity index (χ0v) is 37.8. The molecule has 6 N–H and O–H groups in total. The molecule has 1 aromatic heterocycles. The van der Waals surface area contributed by atoms with Crippen LogP contribution in [-0.2, 0) is 12.1 Å². The number of unbranched alkanes of at least 4 members (excludes halogenated alkanes) is 1. The number of allylic oxidation sites excluding steroid dienone is 6. The van der Waals surface area contributed by atoms with Crippen LogP contribution >= 0.6 is 0 Å². The van der Waals surface area contributed by atoms with Crippen LogP contribution in [0.15, 0.2) is 124 Å². The Morgan fingerprint density at radius 3 is 2.03 bits per heavy atom. The van der Waals surface area contributed by atoms with Crippen LogP contribution < -0.4 is 52.1 Å². The zero-order valence-electron chi connectivity index (χ0n) is 37.8. The summed E-state index contributed by atoms with van der Waals surface area (Å²) in [6.07, 6.45) is 16.1. The van der Waals surface area contributed by atoms with Crippen molar-refractivity contribution in [1.29, 1.82) is 0 Å². The van der Waals surface area contributed by atoms with Crippen molar-refractivity contribution in [2.24, 2.45) is 5.92 Å². The van der Waals surface area contributed by atoms with Crippen molar-refractivity contribution < 1.29 is 9.47 Å². The van der Waals surface area contributed by atoms with Gasteiger partial charge in [-0.1, -0.05) is 90.8 Å². The maximum Gasteiger partial charge on any atom is 0.127 e. The van der Waals surface area contributed by atoms with Crippen LogP contribution in [0.3, 0.4) is 0 Å². The fourth-order valence-electron chi connectivity index (χ4n) is 6.71. The number of anilines is 1. The molecule has 0 amide bonds. The Labute approximate surface area is 356 Å². The Bertz CT molecular complexity index is 1990. The van der Waals surface area contributed by atoms with Crippen LogP contribution in [-0.4, -0.2) is 53.0 Å². The van der Waals surface area contributed by atoms with Crippen LogP contribution in [0.4, 0.5) is 5.69 Å². The van der Waals surface area contributed by atoms with Crippen molar-refractivity contribution in [2.45, 2.75) is 65.5 Å². The van der Waals surface area contributed by atoms with Gasteiger partial charge < -0.3 is 45.9 Å². The highest BCUT2D eigenvalue weighted by atomic mass is 16.5. The highest BCUT2D eigenvalue weighted by Gasteiger charge is 2.45. The number of likely N-dealkylation sites (N-methyl/N-ethyl adjacent to an activating group) is 1. The monoisotopic (exact) mass is 806 g/mol. The molecular formula is C50H75N7O2. The normalized spacial score (nSPS) is 15.7. The fraction of sp³-hybridized carbons (Fsp3) is 0.360. The molecule has 0 atom stereocenters. The number of rotatable bonds is 20. The molecule has 59 heavy (non-hydrogen) atoms. The average molecular weight is 806 g/mol. The van der Waals surface area contributed by atoms with E-state index in [2.05, 4.69) is 134 Å². The maximum absolute atomic E-state index is 5.64. The Morgan fingerprint density at radius 1 is 0.932 bits per heavy atom. The minimum absolute atomic E-state index is 0.163. The van der Waals surface area contributed by atoms with E-state index < -0.39 is 0 Å². The van der Waals surface area contributed by atoms with Gasteiger partial charge in [-0.3, -0.25) is 0 Å². The lowest BCUT2D eigenvalue weighted by atomic mass is 9.66. The van der Waals surface area contributed by atoms with Crippen molar-refractivity contribution in [1.82, 2.24) is 31.2 Å². The second kappa shape index (κ2) is 27.0. The molecule has 0 spiro atoms. The number of fused-ring (bicyclic) bond motifs is 1.